The van der Waals surface area contributed by atoms with Crippen molar-refractivity contribution in [2.75, 3.05) is 44.6 Å². The zero-order valence-electron chi connectivity index (χ0n) is 25.2. The first kappa shape index (κ1) is 29.4. The van der Waals surface area contributed by atoms with Crippen molar-refractivity contribution in [2.24, 2.45) is 0 Å². The van der Waals surface area contributed by atoms with Crippen LogP contribution < -0.4 is 5.32 Å². The number of nitrogens with zero attached hydrogens (tertiary/aromatic N) is 6. The minimum atomic E-state index is -0.242. The zero-order valence-corrected chi connectivity index (χ0v) is 25.2. The number of carbonyl (C=O) groups is 3. The number of fused-ring (bicyclic) bond motifs is 1. The predicted octanol–water partition coefficient (Wildman–Crippen LogP) is 4.01. The number of nitrogens with one attached hydrogen (secondary N) is 1. The van der Waals surface area contributed by atoms with E-state index in [1.165, 1.54) is 6.08 Å². The second kappa shape index (κ2) is 12.4. The average molecular weight is 572 g/mol. The molecule has 0 spiro atoms. The molecule has 3 amide bonds. The van der Waals surface area contributed by atoms with E-state index in [0.29, 0.717) is 24.6 Å². The Morgan fingerprint density at radius 1 is 0.952 bits per heavy atom. The van der Waals surface area contributed by atoms with Crippen molar-refractivity contribution < 1.29 is 14.4 Å². The van der Waals surface area contributed by atoms with E-state index in [2.05, 4.69) is 45.4 Å². The van der Waals surface area contributed by atoms with Crippen LogP contribution in [0.5, 0.6) is 0 Å². The summed E-state index contributed by atoms with van der Waals surface area (Å²) in [6.07, 6.45) is 4.12. The van der Waals surface area contributed by atoms with Gasteiger partial charge in [-0.1, -0.05) is 12.6 Å². The average Bonchev–Trinajstić information content (AvgIpc) is 3.13. The fraction of sp³-hybridized carbons (Fsp3) is 0.469. The number of hydrogen-bond donors (Lipinski definition) is 1. The Morgan fingerprint density at radius 3 is 2.33 bits per heavy atom. The molecule has 2 aliphatic heterocycles. The van der Waals surface area contributed by atoms with Crippen LogP contribution >= 0.6 is 0 Å². The predicted molar refractivity (Wildman–Crippen MR) is 163 cm³/mol. The van der Waals surface area contributed by atoms with E-state index < -0.39 is 0 Å². The Labute approximate surface area is 247 Å². The van der Waals surface area contributed by atoms with Crippen molar-refractivity contribution in [3.63, 3.8) is 0 Å². The molecule has 2 saturated heterocycles. The molecule has 0 saturated carbocycles. The van der Waals surface area contributed by atoms with Gasteiger partial charge in [-0.2, -0.15) is 0 Å². The first-order valence-corrected chi connectivity index (χ1v) is 14.8. The van der Waals surface area contributed by atoms with Crippen molar-refractivity contribution >= 4 is 34.7 Å². The third kappa shape index (κ3) is 6.38. The summed E-state index contributed by atoms with van der Waals surface area (Å²) in [5, 5.41) is 3.10. The summed E-state index contributed by atoms with van der Waals surface area (Å²) in [7, 11) is 0. The second-order valence-electron chi connectivity index (χ2n) is 11.6. The SMILES string of the molecule is C=CC(=O)N1CCCC[C@@H](n2c(NC(=O)c3cc(C)nc(C)c3)nc3cc(CN4CCN(C(C)=O)CC4)cc(C)c32)C1. The molecule has 0 bridgehead atoms. The van der Waals surface area contributed by atoms with E-state index >= 15 is 0 Å². The molecule has 1 atom stereocenters. The molecule has 5 rings (SSSR count). The van der Waals surface area contributed by atoms with Gasteiger partial charge in [0.15, 0.2) is 0 Å². The molecule has 3 aromatic rings. The number of anilines is 1. The molecule has 2 aliphatic rings. The highest BCUT2D eigenvalue weighted by atomic mass is 16.2. The van der Waals surface area contributed by atoms with Crippen molar-refractivity contribution in [2.45, 2.75) is 59.5 Å². The number of amides is 3. The molecule has 0 unspecified atom stereocenters. The zero-order chi connectivity index (χ0) is 30.0. The summed E-state index contributed by atoms with van der Waals surface area (Å²) in [6.45, 7) is 16.2. The van der Waals surface area contributed by atoms with Gasteiger partial charge in [0.05, 0.1) is 17.1 Å². The topological polar surface area (TPSA) is 104 Å². The van der Waals surface area contributed by atoms with Crippen LogP contribution in [0.4, 0.5) is 5.95 Å². The number of benzene rings is 1. The Hall–Kier alpha value is -4.05. The van der Waals surface area contributed by atoms with Crippen molar-refractivity contribution in [1.29, 1.82) is 0 Å². The van der Waals surface area contributed by atoms with Crippen LogP contribution in [0.2, 0.25) is 0 Å². The van der Waals surface area contributed by atoms with Crippen LogP contribution in [0.15, 0.2) is 36.9 Å². The number of aryl methyl sites for hydroxylation is 3. The molecule has 1 N–H and O–H groups in total. The number of carbonyl (C=O) groups excluding carboxylic acids is 3. The second-order valence-corrected chi connectivity index (χ2v) is 11.6. The van der Waals surface area contributed by atoms with Gasteiger partial charge in [-0.15, -0.1) is 0 Å². The van der Waals surface area contributed by atoms with Gasteiger partial charge in [-0.25, -0.2) is 4.98 Å². The molecule has 2 aromatic heterocycles. The van der Waals surface area contributed by atoms with Crippen molar-refractivity contribution in [1.82, 2.24) is 29.2 Å². The Balaban J connectivity index is 1.51. The van der Waals surface area contributed by atoms with Gasteiger partial charge in [0, 0.05) is 69.7 Å². The third-order valence-corrected chi connectivity index (χ3v) is 8.33. The molecule has 42 heavy (non-hydrogen) atoms. The minimum absolute atomic E-state index is 0.0539. The molecular formula is C32H41N7O3. The molecule has 0 aliphatic carbocycles. The highest BCUT2D eigenvalue weighted by molar-refractivity contribution is 6.04. The lowest BCUT2D eigenvalue weighted by Crippen LogP contribution is -2.47. The fourth-order valence-electron chi connectivity index (χ4n) is 6.32. The summed E-state index contributed by atoms with van der Waals surface area (Å²) in [6, 6.07) is 7.81. The van der Waals surface area contributed by atoms with Gasteiger partial charge in [-0.3, -0.25) is 29.6 Å². The van der Waals surface area contributed by atoms with Gasteiger partial charge < -0.3 is 14.4 Å². The number of pyridine rings is 1. The van der Waals surface area contributed by atoms with Gasteiger partial charge in [-0.05, 0) is 75.4 Å². The van der Waals surface area contributed by atoms with Crippen LogP contribution in [0.25, 0.3) is 11.0 Å². The summed E-state index contributed by atoms with van der Waals surface area (Å²) < 4.78 is 2.13. The molecule has 2 fully saturated rings. The summed E-state index contributed by atoms with van der Waals surface area (Å²) in [5.74, 6) is 0.281. The largest absolute Gasteiger partial charge is 0.340 e. The lowest BCUT2D eigenvalue weighted by atomic mass is 10.1. The number of likely N-dealkylation sites (tertiary alicyclic amines) is 1. The number of piperazine rings is 1. The Kier molecular flexibility index (Phi) is 8.72. The summed E-state index contributed by atoms with van der Waals surface area (Å²) >= 11 is 0. The molecule has 1 aromatic carbocycles. The lowest BCUT2D eigenvalue weighted by Gasteiger charge is -2.34. The van der Waals surface area contributed by atoms with E-state index in [0.717, 1.165) is 85.5 Å². The highest BCUT2D eigenvalue weighted by Crippen LogP contribution is 2.33. The van der Waals surface area contributed by atoms with Gasteiger partial charge >= 0.3 is 0 Å². The first-order valence-electron chi connectivity index (χ1n) is 14.8. The Bertz CT molecular complexity index is 1500. The fourth-order valence-corrected chi connectivity index (χ4v) is 6.32. The van der Waals surface area contributed by atoms with E-state index in [1.54, 1.807) is 19.1 Å². The third-order valence-electron chi connectivity index (χ3n) is 8.33. The van der Waals surface area contributed by atoms with Crippen LogP contribution in [0.3, 0.4) is 0 Å². The maximum atomic E-state index is 13.5. The number of rotatable bonds is 6. The number of hydrogen-bond acceptors (Lipinski definition) is 6. The van der Waals surface area contributed by atoms with Crippen LogP contribution in [-0.4, -0.2) is 86.2 Å². The van der Waals surface area contributed by atoms with Gasteiger partial charge in [0.1, 0.15) is 0 Å². The Morgan fingerprint density at radius 2 is 1.67 bits per heavy atom. The normalized spacial score (nSPS) is 18.1. The molecular weight excluding hydrogens is 530 g/mol. The lowest BCUT2D eigenvalue weighted by molar-refractivity contribution is -0.130. The van der Waals surface area contributed by atoms with Crippen LogP contribution in [0, 0.1) is 20.8 Å². The molecule has 222 valence electrons. The minimum Gasteiger partial charge on any atom is -0.340 e. The monoisotopic (exact) mass is 571 g/mol. The molecule has 10 heteroatoms. The van der Waals surface area contributed by atoms with E-state index in [9.17, 15) is 14.4 Å². The first-order chi connectivity index (χ1) is 20.1. The molecule has 10 nitrogen and oxygen atoms in total. The standard InChI is InChI=1S/C32H41N7O3/c1-6-29(41)38-10-8-7-9-27(20-38)39-30-21(2)15-25(19-36-11-13-37(14-12-36)24(5)40)18-28(30)34-32(39)35-31(42)26-16-22(3)33-23(4)17-26/h6,15-18,27H,1,7-14,19-20H2,2-5H3,(H,34,35,42)/t27-/m1/s1. The van der Waals surface area contributed by atoms with Gasteiger partial charge in [0.25, 0.3) is 5.91 Å². The van der Waals surface area contributed by atoms with Crippen molar-refractivity contribution in [3.8, 4) is 0 Å². The summed E-state index contributed by atoms with van der Waals surface area (Å²) in [5.41, 5.74) is 6.08. The maximum Gasteiger partial charge on any atom is 0.258 e. The van der Waals surface area contributed by atoms with Crippen molar-refractivity contribution in [3.05, 3.63) is 65.0 Å². The maximum absolute atomic E-state index is 13.5. The van der Waals surface area contributed by atoms with E-state index in [4.69, 9.17) is 4.98 Å². The molecule has 4 heterocycles. The number of aromatic nitrogens is 3. The van der Waals surface area contributed by atoms with Crippen LogP contribution in [0.1, 0.15) is 65.1 Å². The number of imidazole rings is 1. The smallest absolute Gasteiger partial charge is 0.258 e. The summed E-state index contributed by atoms with van der Waals surface area (Å²) in [4.78, 5) is 53.4. The molecule has 0 radical (unpaired) electrons. The van der Waals surface area contributed by atoms with E-state index in [1.807, 2.05) is 23.6 Å². The highest BCUT2D eigenvalue weighted by Gasteiger charge is 2.28. The quantitative estimate of drug-likeness (QED) is 0.449. The van der Waals surface area contributed by atoms with E-state index in [-0.39, 0.29) is 23.8 Å². The van der Waals surface area contributed by atoms with Gasteiger partial charge in [0.2, 0.25) is 17.8 Å². The van der Waals surface area contributed by atoms with Crippen LogP contribution in [-0.2, 0) is 16.1 Å².